The van der Waals surface area contributed by atoms with Crippen LogP contribution in [0.4, 0.5) is 10.5 Å². The zero-order valence-corrected chi connectivity index (χ0v) is 17.3. The lowest BCUT2D eigenvalue weighted by Gasteiger charge is -2.19. The topological polar surface area (TPSA) is 93.7 Å². The number of ether oxygens (including phenoxy) is 2. The normalized spacial score (nSPS) is 11.0. The van der Waals surface area contributed by atoms with Crippen LogP contribution in [0.5, 0.6) is 0 Å². The van der Waals surface area contributed by atoms with Crippen molar-refractivity contribution in [3.63, 3.8) is 0 Å². The summed E-state index contributed by atoms with van der Waals surface area (Å²) in [5.74, 6) is 0.194. The second kappa shape index (κ2) is 10.8. The number of esters is 1. The van der Waals surface area contributed by atoms with Crippen LogP contribution in [0.15, 0.2) is 24.3 Å². The van der Waals surface area contributed by atoms with Gasteiger partial charge in [0.2, 0.25) is 5.91 Å². The Labute approximate surface area is 164 Å². The number of amides is 2. The highest BCUT2D eigenvalue weighted by molar-refractivity contribution is 7.99. The predicted octanol–water partition coefficient (Wildman–Crippen LogP) is 3.45. The third-order valence-corrected chi connectivity index (χ3v) is 3.83. The summed E-state index contributed by atoms with van der Waals surface area (Å²) in [5, 5.41) is 5.37. The molecule has 0 unspecified atom stereocenters. The first-order chi connectivity index (χ1) is 12.6. The molecule has 8 heteroatoms. The SMILES string of the molecule is CC(C)OC(=O)c1cccc(NC(=O)CSCCNC(=O)OC(C)(C)C)c1. The Morgan fingerprint density at radius 1 is 1.19 bits per heavy atom. The molecule has 0 aliphatic carbocycles. The second-order valence-corrected chi connectivity index (χ2v) is 8.17. The molecule has 0 aliphatic heterocycles. The first-order valence-corrected chi connectivity index (χ1v) is 9.88. The van der Waals surface area contributed by atoms with E-state index in [9.17, 15) is 14.4 Å². The van der Waals surface area contributed by atoms with E-state index in [1.807, 2.05) is 0 Å². The number of carbonyl (C=O) groups excluding carboxylic acids is 3. The van der Waals surface area contributed by atoms with Crippen LogP contribution in [-0.4, -0.2) is 47.7 Å². The first-order valence-electron chi connectivity index (χ1n) is 8.72. The molecule has 0 aromatic heterocycles. The molecule has 0 saturated heterocycles. The summed E-state index contributed by atoms with van der Waals surface area (Å²) in [4.78, 5) is 35.4. The van der Waals surface area contributed by atoms with E-state index in [4.69, 9.17) is 9.47 Å². The Kier molecular flexibility index (Phi) is 9.14. The maximum absolute atomic E-state index is 12.0. The van der Waals surface area contributed by atoms with Gasteiger partial charge in [-0.1, -0.05) is 6.07 Å². The zero-order valence-electron chi connectivity index (χ0n) is 16.5. The van der Waals surface area contributed by atoms with Gasteiger partial charge in [0.1, 0.15) is 5.60 Å². The predicted molar refractivity (Wildman–Crippen MR) is 107 cm³/mol. The molecule has 27 heavy (non-hydrogen) atoms. The number of rotatable bonds is 8. The fourth-order valence-electron chi connectivity index (χ4n) is 1.91. The maximum atomic E-state index is 12.0. The summed E-state index contributed by atoms with van der Waals surface area (Å²) in [6.07, 6.45) is -0.681. The Balaban J connectivity index is 2.33. The van der Waals surface area contributed by atoms with Crippen LogP contribution < -0.4 is 10.6 Å². The summed E-state index contributed by atoms with van der Waals surface area (Å²) in [6.45, 7) is 9.34. The van der Waals surface area contributed by atoms with Crippen LogP contribution in [-0.2, 0) is 14.3 Å². The van der Waals surface area contributed by atoms with Gasteiger partial charge < -0.3 is 20.1 Å². The van der Waals surface area contributed by atoms with Crippen molar-refractivity contribution in [2.24, 2.45) is 0 Å². The molecular weight excluding hydrogens is 368 g/mol. The Morgan fingerprint density at radius 3 is 2.52 bits per heavy atom. The van der Waals surface area contributed by atoms with Crippen molar-refractivity contribution in [3.8, 4) is 0 Å². The van der Waals surface area contributed by atoms with Crippen molar-refractivity contribution >= 4 is 35.4 Å². The van der Waals surface area contributed by atoms with E-state index in [1.165, 1.54) is 11.8 Å². The van der Waals surface area contributed by atoms with Gasteiger partial charge in [0, 0.05) is 18.0 Å². The van der Waals surface area contributed by atoms with E-state index in [2.05, 4.69) is 10.6 Å². The molecule has 2 N–H and O–H groups in total. The highest BCUT2D eigenvalue weighted by atomic mass is 32.2. The van der Waals surface area contributed by atoms with Crippen LogP contribution in [0.2, 0.25) is 0 Å². The number of benzene rings is 1. The molecule has 150 valence electrons. The Bertz CT molecular complexity index is 656. The summed E-state index contributed by atoms with van der Waals surface area (Å²) in [5.41, 5.74) is 0.383. The smallest absolute Gasteiger partial charge is 0.407 e. The lowest BCUT2D eigenvalue weighted by Crippen LogP contribution is -2.33. The van der Waals surface area contributed by atoms with Crippen LogP contribution in [0.25, 0.3) is 0 Å². The molecule has 1 rings (SSSR count). The highest BCUT2D eigenvalue weighted by Gasteiger charge is 2.15. The molecule has 0 saturated carbocycles. The van der Waals surface area contributed by atoms with Crippen molar-refractivity contribution in [1.29, 1.82) is 0 Å². The number of anilines is 1. The van der Waals surface area contributed by atoms with Gasteiger partial charge in [-0.2, -0.15) is 11.8 Å². The quantitative estimate of drug-likeness (QED) is 0.516. The van der Waals surface area contributed by atoms with E-state index in [1.54, 1.807) is 58.9 Å². The summed E-state index contributed by atoms with van der Waals surface area (Å²) < 4.78 is 10.3. The average Bonchev–Trinajstić information content (AvgIpc) is 2.52. The molecule has 0 atom stereocenters. The summed E-state index contributed by atoms with van der Waals surface area (Å²) in [7, 11) is 0. The van der Waals surface area contributed by atoms with Gasteiger partial charge in [-0.15, -0.1) is 0 Å². The molecular formula is C19H28N2O5S. The van der Waals surface area contributed by atoms with Crippen LogP contribution in [0.1, 0.15) is 45.0 Å². The monoisotopic (exact) mass is 396 g/mol. The van der Waals surface area contributed by atoms with Gasteiger partial charge in [0.05, 0.1) is 17.4 Å². The Hall–Kier alpha value is -2.22. The maximum Gasteiger partial charge on any atom is 0.407 e. The third-order valence-electron chi connectivity index (χ3n) is 2.87. The number of thioether (sulfide) groups is 1. The molecule has 0 aliphatic rings. The standard InChI is InChI=1S/C19H28N2O5S/c1-13(2)25-17(23)14-7-6-8-15(11-14)21-16(22)12-27-10-9-20-18(24)26-19(3,4)5/h6-8,11,13H,9-10,12H2,1-5H3,(H,20,24)(H,21,22). The van der Waals surface area contributed by atoms with Gasteiger partial charge in [0.25, 0.3) is 0 Å². The van der Waals surface area contributed by atoms with E-state index in [0.29, 0.717) is 23.5 Å². The van der Waals surface area contributed by atoms with E-state index >= 15 is 0 Å². The van der Waals surface area contributed by atoms with Crippen molar-refractivity contribution < 1.29 is 23.9 Å². The van der Waals surface area contributed by atoms with Gasteiger partial charge in [-0.05, 0) is 52.8 Å². The third kappa shape index (κ3) is 10.5. The van der Waals surface area contributed by atoms with E-state index in [0.717, 1.165) is 0 Å². The molecule has 1 aromatic carbocycles. The number of hydrogen-bond acceptors (Lipinski definition) is 6. The highest BCUT2D eigenvalue weighted by Crippen LogP contribution is 2.13. The van der Waals surface area contributed by atoms with Gasteiger partial charge in [-0.3, -0.25) is 4.79 Å². The van der Waals surface area contributed by atoms with Crippen molar-refractivity contribution in [1.82, 2.24) is 5.32 Å². The minimum absolute atomic E-state index is 0.188. The molecule has 0 radical (unpaired) electrons. The van der Waals surface area contributed by atoms with Gasteiger partial charge in [-0.25, -0.2) is 9.59 Å². The largest absolute Gasteiger partial charge is 0.459 e. The summed E-state index contributed by atoms with van der Waals surface area (Å²) >= 11 is 1.39. The Morgan fingerprint density at radius 2 is 1.89 bits per heavy atom. The fourth-order valence-corrected chi connectivity index (χ4v) is 2.56. The van der Waals surface area contributed by atoms with Crippen molar-refractivity contribution in [2.45, 2.75) is 46.3 Å². The van der Waals surface area contributed by atoms with E-state index < -0.39 is 17.7 Å². The molecule has 0 heterocycles. The number of alkyl carbamates (subject to hydrolysis) is 1. The number of nitrogens with one attached hydrogen (secondary N) is 2. The lowest BCUT2D eigenvalue weighted by atomic mass is 10.2. The molecule has 2 amide bonds. The zero-order chi connectivity index (χ0) is 20.4. The van der Waals surface area contributed by atoms with Crippen molar-refractivity contribution in [3.05, 3.63) is 29.8 Å². The van der Waals surface area contributed by atoms with Crippen LogP contribution in [0, 0.1) is 0 Å². The van der Waals surface area contributed by atoms with Crippen molar-refractivity contribution in [2.75, 3.05) is 23.4 Å². The number of hydrogen-bond donors (Lipinski definition) is 2. The molecule has 0 bridgehead atoms. The van der Waals surface area contributed by atoms with Gasteiger partial charge >= 0.3 is 12.1 Å². The molecule has 0 spiro atoms. The van der Waals surface area contributed by atoms with Gasteiger partial charge in [0.15, 0.2) is 0 Å². The minimum atomic E-state index is -0.534. The van der Waals surface area contributed by atoms with Crippen LogP contribution in [0.3, 0.4) is 0 Å². The fraction of sp³-hybridized carbons (Fsp3) is 0.526. The average molecular weight is 397 g/mol. The molecule has 0 fully saturated rings. The first kappa shape index (κ1) is 22.8. The second-order valence-electron chi connectivity index (χ2n) is 7.06. The van der Waals surface area contributed by atoms with Crippen LogP contribution >= 0.6 is 11.8 Å². The number of carbonyl (C=O) groups is 3. The summed E-state index contributed by atoms with van der Waals surface area (Å²) in [6, 6.07) is 6.61. The van der Waals surface area contributed by atoms with E-state index in [-0.39, 0.29) is 17.8 Å². The molecule has 1 aromatic rings. The molecule has 7 nitrogen and oxygen atoms in total. The lowest BCUT2D eigenvalue weighted by molar-refractivity contribution is -0.113. The minimum Gasteiger partial charge on any atom is -0.459 e.